The van der Waals surface area contributed by atoms with Crippen LogP contribution < -0.4 is 4.74 Å². The molecule has 0 N–H and O–H groups in total. The average Bonchev–Trinajstić information content (AvgIpc) is 3.38. The Labute approximate surface area is 309 Å². The molecule has 1 amide bonds. The number of hydrogen-bond donors (Lipinski definition) is 0. The third-order valence-electron chi connectivity index (χ3n) is 10.1. The molecule has 2 aliphatic heterocycles. The van der Waals surface area contributed by atoms with Gasteiger partial charge in [-0.1, -0.05) is 87.0 Å². The van der Waals surface area contributed by atoms with Crippen LogP contribution in [-0.2, 0) is 34.5 Å². The number of hydrogen-bond acceptors (Lipinski definition) is 6. The summed E-state index contributed by atoms with van der Waals surface area (Å²) in [5, 5.41) is 0.339. The first kappa shape index (κ1) is 39.2. The van der Waals surface area contributed by atoms with Gasteiger partial charge < -0.3 is 14.5 Å². The number of ether oxygens (including phenoxy) is 1. The fraction of sp³-hybridized carbons (Fsp3) is 0.525. The molecule has 3 aromatic carbocycles. The summed E-state index contributed by atoms with van der Waals surface area (Å²) >= 11 is 6.60. The molecule has 2 aliphatic rings. The molecule has 0 radical (unpaired) electrons. The third-order valence-corrected chi connectivity index (χ3v) is 12.3. The van der Waals surface area contributed by atoms with Crippen LogP contribution in [0.4, 0.5) is 4.39 Å². The van der Waals surface area contributed by atoms with Gasteiger partial charge in [-0.2, -0.15) is 4.31 Å². The normalized spacial score (nSPS) is 19.2. The number of halogens is 2. The van der Waals surface area contributed by atoms with Gasteiger partial charge in [0.15, 0.2) is 11.6 Å². The van der Waals surface area contributed by atoms with E-state index in [1.807, 2.05) is 61.5 Å². The molecule has 1 unspecified atom stereocenters. The average molecular weight is 741 g/mol. The van der Waals surface area contributed by atoms with Gasteiger partial charge in [0, 0.05) is 55.9 Å². The number of rotatable bonds is 13. The Morgan fingerprint density at radius 3 is 2.31 bits per heavy atom. The van der Waals surface area contributed by atoms with Gasteiger partial charge in [0.2, 0.25) is 15.9 Å². The van der Waals surface area contributed by atoms with Crippen molar-refractivity contribution in [2.75, 3.05) is 46.6 Å². The molecule has 2 fully saturated rings. The molecule has 8 nitrogen and oxygen atoms in total. The molecule has 0 bridgehead atoms. The molecule has 0 aliphatic carbocycles. The quantitative estimate of drug-likeness (QED) is 0.185. The Morgan fingerprint density at radius 1 is 0.980 bits per heavy atom. The zero-order chi connectivity index (χ0) is 36.9. The summed E-state index contributed by atoms with van der Waals surface area (Å²) < 4.78 is 49.1. The van der Waals surface area contributed by atoms with Crippen molar-refractivity contribution in [3.63, 3.8) is 0 Å². The van der Waals surface area contributed by atoms with Gasteiger partial charge in [-0.25, -0.2) is 12.8 Å². The van der Waals surface area contributed by atoms with Gasteiger partial charge in [0.25, 0.3) is 0 Å². The first-order valence-corrected chi connectivity index (χ1v) is 19.9. The lowest BCUT2D eigenvalue weighted by Crippen LogP contribution is -2.48. The van der Waals surface area contributed by atoms with E-state index in [2.05, 4.69) is 42.7 Å². The number of likely N-dealkylation sites (tertiary alicyclic amines) is 1. The second kappa shape index (κ2) is 16.8. The van der Waals surface area contributed by atoms with Gasteiger partial charge >= 0.3 is 0 Å². The standard InChI is InChI=1S/C40H54ClFN4O4S/c1-40(2,3)24-33(27-43(4)5)45(28-34-35(41)15-16-37(50-6)38(34)42)25-29-11-10-12-30(23-29)26-46-36(19-22-51(46,48)49)39(47)44-20-17-32(18-21-44)31-13-8-7-9-14-31/h7-16,23,32-33,36H,17-22,24-28H2,1-6H3/t33-,36?/m0/s1. The fourth-order valence-corrected chi connectivity index (χ4v) is 9.50. The molecule has 2 heterocycles. The second-order valence-corrected chi connectivity index (χ2v) is 18.1. The zero-order valence-corrected chi connectivity index (χ0v) is 32.5. The highest BCUT2D eigenvalue weighted by atomic mass is 35.5. The van der Waals surface area contributed by atoms with Crippen LogP contribution in [0.25, 0.3) is 0 Å². The van der Waals surface area contributed by atoms with Crippen LogP contribution in [0.5, 0.6) is 5.75 Å². The molecule has 5 rings (SSSR count). The predicted octanol–water partition coefficient (Wildman–Crippen LogP) is 7.17. The Morgan fingerprint density at radius 2 is 1.67 bits per heavy atom. The van der Waals surface area contributed by atoms with Crippen LogP contribution in [0.3, 0.4) is 0 Å². The van der Waals surface area contributed by atoms with E-state index < -0.39 is 21.9 Å². The minimum atomic E-state index is -3.61. The van der Waals surface area contributed by atoms with Crippen LogP contribution in [0.15, 0.2) is 66.7 Å². The molecular weight excluding hydrogens is 687 g/mol. The van der Waals surface area contributed by atoms with Crippen LogP contribution in [0.1, 0.15) is 74.6 Å². The van der Waals surface area contributed by atoms with Crippen molar-refractivity contribution in [3.05, 3.63) is 99.8 Å². The number of carbonyl (C=O) groups is 1. The van der Waals surface area contributed by atoms with E-state index in [1.54, 1.807) is 12.1 Å². The number of carbonyl (C=O) groups excluding carboxylic acids is 1. The van der Waals surface area contributed by atoms with Gasteiger partial charge in [-0.15, -0.1) is 0 Å². The monoisotopic (exact) mass is 740 g/mol. The van der Waals surface area contributed by atoms with Crippen molar-refractivity contribution >= 4 is 27.5 Å². The van der Waals surface area contributed by atoms with Crippen molar-refractivity contribution in [2.24, 2.45) is 5.41 Å². The van der Waals surface area contributed by atoms with Gasteiger partial charge in [-0.05, 0) is 79.9 Å². The van der Waals surface area contributed by atoms with E-state index in [-0.39, 0.29) is 42.0 Å². The van der Waals surface area contributed by atoms with E-state index in [0.717, 1.165) is 36.9 Å². The predicted molar refractivity (Wildman–Crippen MR) is 203 cm³/mol. The summed E-state index contributed by atoms with van der Waals surface area (Å²) in [6, 6.07) is 20.8. The number of sulfonamides is 1. The van der Waals surface area contributed by atoms with Crippen LogP contribution >= 0.6 is 11.6 Å². The first-order chi connectivity index (χ1) is 24.1. The van der Waals surface area contributed by atoms with E-state index in [0.29, 0.717) is 42.6 Å². The number of piperidine rings is 1. The SMILES string of the molecule is COc1ccc(Cl)c(CN(Cc2cccc(CN3C(C(=O)N4CCC(c5ccccc5)CC4)CCS3(=O)=O)c2)[C@H](CN(C)C)CC(C)(C)C)c1F. The molecule has 2 saturated heterocycles. The van der Waals surface area contributed by atoms with Crippen molar-refractivity contribution in [1.82, 2.24) is 19.0 Å². The van der Waals surface area contributed by atoms with Gasteiger partial charge in [-0.3, -0.25) is 9.69 Å². The lowest BCUT2D eigenvalue weighted by molar-refractivity contribution is -0.136. The summed E-state index contributed by atoms with van der Waals surface area (Å²) in [6.07, 6.45) is 2.87. The number of nitrogens with zero attached hydrogens (tertiary/aromatic N) is 4. The minimum absolute atomic E-state index is 0.0000303. The Kier molecular flexibility index (Phi) is 12.9. The van der Waals surface area contributed by atoms with Gasteiger partial charge in [0.1, 0.15) is 6.04 Å². The summed E-state index contributed by atoms with van der Waals surface area (Å²) in [6.45, 7) is 9.46. The molecule has 51 heavy (non-hydrogen) atoms. The highest BCUT2D eigenvalue weighted by Crippen LogP contribution is 2.34. The Bertz CT molecular complexity index is 1740. The van der Waals surface area contributed by atoms with Crippen molar-refractivity contribution < 1.29 is 22.3 Å². The molecule has 278 valence electrons. The van der Waals surface area contributed by atoms with Crippen LogP contribution in [0, 0.1) is 11.2 Å². The summed E-state index contributed by atoms with van der Waals surface area (Å²) in [5.74, 6) is -0.0624. The van der Waals surface area contributed by atoms with E-state index in [9.17, 15) is 13.2 Å². The van der Waals surface area contributed by atoms with Crippen molar-refractivity contribution in [3.8, 4) is 5.75 Å². The lowest BCUT2D eigenvalue weighted by atomic mass is 9.87. The lowest BCUT2D eigenvalue weighted by Gasteiger charge is -2.38. The maximum Gasteiger partial charge on any atom is 0.241 e. The number of amides is 1. The third kappa shape index (κ3) is 10.1. The molecule has 0 spiro atoms. The molecular formula is C40H54ClFN4O4S. The molecule has 11 heteroatoms. The topological polar surface area (TPSA) is 73.4 Å². The largest absolute Gasteiger partial charge is 0.494 e. The number of likely N-dealkylation sites (N-methyl/N-ethyl adjacent to an activating group) is 1. The summed E-state index contributed by atoms with van der Waals surface area (Å²) in [4.78, 5) is 20.1. The van der Waals surface area contributed by atoms with E-state index in [1.165, 1.54) is 17.0 Å². The zero-order valence-electron chi connectivity index (χ0n) is 30.9. The van der Waals surface area contributed by atoms with Crippen molar-refractivity contribution in [1.29, 1.82) is 0 Å². The minimum Gasteiger partial charge on any atom is -0.494 e. The maximum absolute atomic E-state index is 15.7. The van der Waals surface area contributed by atoms with E-state index >= 15 is 4.39 Å². The smallest absolute Gasteiger partial charge is 0.241 e. The van der Waals surface area contributed by atoms with Gasteiger partial charge in [0.05, 0.1) is 12.9 Å². The molecule has 0 aromatic heterocycles. The first-order valence-electron chi connectivity index (χ1n) is 18.0. The number of benzene rings is 3. The van der Waals surface area contributed by atoms with Crippen molar-refractivity contribution in [2.45, 2.75) is 84.1 Å². The molecule has 3 aromatic rings. The van der Waals surface area contributed by atoms with E-state index in [4.69, 9.17) is 16.3 Å². The summed E-state index contributed by atoms with van der Waals surface area (Å²) in [7, 11) is 1.90. The second-order valence-electron chi connectivity index (χ2n) is 15.6. The summed E-state index contributed by atoms with van der Waals surface area (Å²) in [5.41, 5.74) is 3.44. The maximum atomic E-state index is 15.7. The van der Waals surface area contributed by atoms with Crippen LogP contribution in [0.2, 0.25) is 5.02 Å². The highest BCUT2D eigenvalue weighted by molar-refractivity contribution is 7.89. The van der Waals surface area contributed by atoms with Crippen LogP contribution in [-0.4, -0.2) is 92.0 Å². The molecule has 0 saturated carbocycles. The highest BCUT2D eigenvalue weighted by Gasteiger charge is 2.43. The Hall–Kier alpha value is -3.02. The molecule has 2 atom stereocenters. The number of methoxy groups -OCH3 is 1. The fourth-order valence-electron chi connectivity index (χ4n) is 7.61. The Balaban J connectivity index is 1.36.